The highest BCUT2D eigenvalue weighted by atomic mass is 32.1. The van der Waals surface area contributed by atoms with Crippen LogP contribution in [-0.2, 0) is 0 Å². The van der Waals surface area contributed by atoms with Gasteiger partial charge in [-0.25, -0.2) is 0 Å². The van der Waals surface area contributed by atoms with Gasteiger partial charge in [-0.1, -0.05) is 23.5 Å². The van der Waals surface area contributed by atoms with Crippen molar-refractivity contribution in [2.45, 2.75) is 0 Å². The van der Waals surface area contributed by atoms with Crippen molar-refractivity contribution >= 4 is 22.2 Å². The number of nitro benzene ring substituents is 1. The molecule has 0 aliphatic rings. The van der Waals surface area contributed by atoms with Crippen LogP contribution in [0.25, 0.3) is 10.6 Å². The first-order valence-corrected chi connectivity index (χ1v) is 5.29. The van der Waals surface area contributed by atoms with Crippen molar-refractivity contribution in [3.8, 4) is 10.6 Å². The van der Waals surface area contributed by atoms with Crippen LogP contribution in [0.1, 0.15) is 0 Å². The smallest absolute Gasteiger partial charge is 0.279 e. The highest BCUT2D eigenvalue weighted by molar-refractivity contribution is 7.18. The van der Waals surface area contributed by atoms with Gasteiger partial charge in [0.25, 0.3) is 5.69 Å². The zero-order valence-electron chi connectivity index (χ0n) is 8.38. The molecule has 0 spiro atoms. The molecule has 0 fully saturated rings. The molecule has 82 valence electrons. The number of nitrogens with zero attached hydrogens (tertiary/aromatic N) is 3. The highest BCUT2D eigenvalue weighted by Gasteiger charge is 2.17. The fraction of sp³-hybridized carbons (Fsp3) is 0.111. The number of benzene rings is 1. The molecule has 2 aromatic rings. The molecular formula is C9H8N4O2S. The summed E-state index contributed by atoms with van der Waals surface area (Å²) in [7, 11) is 1.73. The first-order chi connectivity index (χ1) is 7.72. The predicted molar refractivity (Wildman–Crippen MR) is 61.5 cm³/mol. The molecular weight excluding hydrogens is 228 g/mol. The van der Waals surface area contributed by atoms with Crippen LogP contribution in [0.4, 0.5) is 10.8 Å². The number of nitro groups is 1. The standard InChI is InChI=1S/C9H8N4O2S/c1-10-9-12-11-8(16-9)6-4-2-3-5-7(6)13(14)15/h2-5H,1H3,(H,10,12). The Morgan fingerprint density at radius 2 is 2.12 bits per heavy atom. The molecule has 6 nitrogen and oxygen atoms in total. The van der Waals surface area contributed by atoms with Crippen molar-refractivity contribution < 1.29 is 4.92 Å². The van der Waals surface area contributed by atoms with E-state index in [0.29, 0.717) is 15.7 Å². The number of rotatable bonds is 3. The molecule has 0 aliphatic heterocycles. The van der Waals surface area contributed by atoms with Gasteiger partial charge in [0, 0.05) is 13.1 Å². The Morgan fingerprint density at radius 1 is 1.38 bits per heavy atom. The molecule has 0 bridgehead atoms. The number of hydrogen-bond donors (Lipinski definition) is 1. The van der Waals surface area contributed by atoms with Gasteiger partial charge in [-0.3, -0.25) is 10.1 Å². The molecule has 0 unspecified atom stereocenters. The van der Waals surface area contributed by atoms with Crippen LogP contribution in [0.15, 0.2) is 24.3 Å². The van der Waals surface area contributed by atoms with E-state index in [0.717, 1.165) is 0 Å². The van der Waals surface area contributed by atoms with Crippen LogP contribution < -0.4 is 5.32 Å². The van der Waals surface area contributed by atoms with Crippen LogP contribution in [-0.4, -0.2) is 22.2 Å². The van der Waals surface area contributed by atoms with Crippen LogP contribution >= 0.6 is 11.3 Å². The quantitative estimate of drug-likeness (QED) is 0.652. The molecule has 2 rings (SSSR count). The minimum Gasteiger partial charge on any atom is -0.363 e. The Labute approximate surface area is 95.1 Å². The summed E-state index contributed by atoms with van der Waals surface area (Å²) in [4.78, 5) is 10.4. The van der Waals surface area contributed by atoms with Crippen LogP contribution in [0.2, 0.25) is 0 Å². The van der Waals surface area contributed by atoms with Gasteiger partial charge >= 0.3 is 0 Å². The first kappa shape index (κ1) is 10.5. The van der Waals surface area contributed by atoms with Crippen molar-refractivity contribution in [2.24, 2.45) is 0 Å². The van der Waals surface area contributed by atoms with Gasteiger partial charge < -0.3 is 5.32 Å². The van der Waals surface area contributed by atoms with E-state index in [4.69, 9.17) is 0 Å². The summed E-state index contributed by atoms with van der Waals surface area (Å²) in [5.74, 6) is 0. The lowest BCUT2D eigenvalue weighted by molar-refractivity contribution is -0.384. The molecule has 0 radical (unpaired) electrons. The predicted octanol–water partition coefficient (Wildman–Crippen LogP) is 2.15. The molecule has 0 aliphatic carbocycles. The summed E-state index contributed by atoms with van der Waals surface area (Å²) in [5.41, 5.74) is 0.535. The van der Waals surface area contributed by atoms with Crippen molar-refractivity contribution in [1.29, 1.82) is 0 Å². The van der Waals surface area contributed by atoms with Crippen LogP contribution in [0, 0.1) is 10.1 Å². The lowest BCUT2D eigenvalue weighted by Gasteiger charge is -1.96. The monoisotopic (exact) mass is 236 g/mol. The molecule has 1 heterocycles. The average molecular weight is 236 g/mol. The molecule has 0 saturated heterocycles. The second-order valence-electron chi connectivity index (χ2n) is 2.94. The van der Waals surface area contributed by atoms with E-state index < -0.39 is 4.92 Å². The van der Waals surface area contributed by atoms with Gasteiger partial charge in [0.2, 0.25) is 5.13 Å². The Kier molecular flexibility index (Phi) is 2.78. The van der Waals surface area contributed by atoms with Gasteiger partial charge in [-0.2, -0.15) is 0 Å². The van der Waals surface area contributed by atoms with Gasteiger partial charge in [0.05, 0.1) is 10.5 Å². The van der Waals surface area contributed by atoms with E-state index in [9.17, 15) is 10.1 Å². The molecule has 1 aromatic heterocycles. The zero-order chi connectivity index (χ0) is 11.5. The largest absolute Gasteiger partial charge is 0.363 e. The third kappa shape index (κ3) is 1.84. The third-order valence-corrected chi connectivity index (χ3v) is 2.94. The third-order valence-electron chi connectivity index (χ3n) is 1.97. The van der Waals surface area contributed by atoms with Gasteiger partial charge in [0.15, 0.2) is 5.01 Å². The molecule has 7 heteroatoms. The lowest BCUT2D eigenvalue weighted by Crippen LogP contribution is -1.90. The summed E-state index contributed by atoms with van der Waals surface area (Å²) in [6.07, 6.45) is 0. The zero-order valence-corrected chi connectivity index (χ0v) is 9.19. The Bertz CT molecular complexity index is 526. The van der Waals surface area contributed by atoms with Crippen molar-refractivity contribution in [3.05, 3.63) is 34.4 Å². The van der Waals surface area contributed by atoms with E-state index in [1.165, 1.54) is 17.4 Å². The van der Waals surface area contributed by atoms with Crippen molar-refractivity contribution in [1.82, 2.24) is 10.2 Å². The Hall–Kier alpha value is -2.02. The maximum Gasteiger partial charge on any atom is 0.279 e. The van der Waals surface area contributed by atoms with Gasteiger partial charge in [0.1, 0.15) is 0 Å². The maximum absolute atomic E-state index is 10.8. The van der Waals surface area contributed by atoms with Crippen LogP contribution in [0.3, 0.4) is 0 Å². The van der Waals surface area contributed by atoms with Gasteiger partial charge in [-0.05, 0) is 6.07 Å². The SMILES string of the molecule is CNc1nnc(-c2ccccc2[N+](=O)[O-])s1. The minimum absolute atomic E-state index is 0.0429. The molecule has 0 atom stereocenters. The molecule has 0 saturated carbocycles. The minimum atomic E-state index is -0.421. The maximum atomic E-state index is 10.8. The van der Waals surface area contributed by atoms with E-state index in [-0.39, 0.29) is 5.69 Å². The summed E-state index contributed by atoms with van der Waals surface area (Å²) in [6, 6.07) is 6.48. The van der Waals surface area contributed by atoms with E-state index in [1.807, 2.05) is 0 Å². The summed E-state index contributed by atoms with van der Waals surface area (Å²) in [6.45, 7) is 0. The number of nitrogens with one attached hydrogen (secondary N) is 1. The normalized spacial score (nSPS) is 10.1. The van der Waals surface area contributed by atoms with E-state index >= 15 is 0 Å². The average Bonchev–Trinajstić information content (AvgIpc) is 2.77. The number of hydrogen-bond acceptors (Lipinski definition) is 6. The van der Waals surface area contributed by atoms with Crippen molar-refractivity contribution in [3.63, 3.8) is 0 Å². The second-order valence-corrected chi connectivity index (χ2v) is 3.91. The summed E-state index contributed by atoms with van der Waals surface area (Å²) in [5, 5.41) is 22.6. The molecule has 1 aromatic carbocycles. The van der Waals surface area contributed by atoms with E-state index in [2.05, 4.69) is 15.5 Å². The van der Waals surface area contributed by atoms with Gasteiger partial charge in [-0.15, -0.1) is 10.2 Å². The van der Waals surface area contributed by atoms with Crippen LogP contribution in [0.5, 0.6) is 0 Å². The Balaban J connectivity index is 2.50. The van der Waals surface area contributed by atoms with E-state index in [1.54, 1.807) is 25.2 Å². The highest BCUT2D eigenvalue weighted by Crippen LogP contribution is 2.32. The van der Waals surface area contributed by atoms with Crippen molar-refractivity contribution in [2.75, 3.05) is 12.4 Å². The fourth-order valence-electron chi connectivity index (χ4n) is 1.25. The molecule has 1 N–H and O–H groups in total. The topological polar surface area (TPSA) is 81.0 Å². The summed E-state index contributed by atoms with van der Waals surface area (Å²) >= 11 is 1.28. The summed E-state index contributed by atoms with van der Waals surface area (Å²) < 4.78 is 0. The molecule has 16 heavy (non-hydrogen) atoms. The number of aromatic nitrogens is 2. The second kappa shape index (κ2) is 4.23. The number of para-hydroxylation sites is 1. The first-order valence-electron chi connectivity index (χ1n) is 4.47. The fourth-order valence-corrected chi connectivity index (χ4v) is 1.98. The number of anilines is 1. The lowest BCUT2D eigenvalue weighted by atomic mass is 10.2. The molecule has 0 amide bonds. The Morgan fingerprint density at radius 3 is 2.75 bits per heavy atom.